The zero-order valence-electron chi connectivity index (χ0n) is 70.6. The van der Waals surface area contributed by atoms with Crippen LogP contribution in [-0.4, -0.2) is 144 Å². The van der Waals surface area contributed by atoms with E-state index in [0.29, 0.717) is 44.5 Å². The number of phenolic OH excluding ortho intramolecular Hbond substituents is 4. The summed E-state index contributed by atoms with van der Waals surface area (Å²) in [6.45, 7) is 8.17. The maximum absolute atomic E-state index is 14.2. The van der Waals surface area contributed by atoms with Crippen LogP contribution in [0.1, 0.15) is 325 Å². The number of carbonyl (C=O) groups is 4. The molecule has 5 aliphatic rings. The molecule has 13 rings (SSSR count). The summed E-state index contributed by atoms with van der Waals surface area (Å²) in [6.07, 6.45) is 24.2. The number of fused-ring (bicyclic) bond motifs is 8. The van der Waals surface area contributed by atoms with Crippen molar-refractivity contribution in [2.75, 3.05) is 67.1 Å². The van der Waals surface area contributed by atoms with Crippen molar-refractivity contribution in [3.8, 4) is 34.5 Å². The molecule has 640 valence electrons. The van der Waals surface area contributed by atoms with Crippen LogP contribution in [0.4, 0.5) is 0 Å². The van der Waals surface area contributed by atoms with Crippen LogP contribution in [-0.2, 0) is 51.1 Å². The Balaban J connectivity index is 0.986. The zero-order chi connectivity index (χ0) is 84.6. The lowest BCUT2D eigenvalue weighted by atomic mass is 9.74. The predicted molar refractivity (Wildman–Crippen MR) is 456 cm³/mol. The lowest BCUT2D eigenvalue weighted by Gasteiger charge is -2.36. The number of hydrogen-bond donors (Lipinski definition) is 6. The van der Waals surface area contributed by atoms with Gasteiger partial charge in [-0.25, -0.2) is 19.2 Å². The van der Waals surface area contributed by atoms with Gasteiger partial charge in [-0.2, -0.15) is 0 Å². The summed E-state index contributed by atoms with van der Waals surface area (Å²) in [5, 5.41) is 76.1. The van der Waals surface area contributed by atoms with Gasteiger partial charge < -0.3 is 78.0 Å². The van der Waals surface area contributed by atoms with E-state index in [2.05, 4.69) is 27.7 Å². The molecule has 4 fully saturated rings. The number of methoxy groups -OCH3 is 2. The summed E-state index contributed by atoms with van der Waals surface area (Å²) in [5.74, 6) is -7.58. The highest BCUT2D eigenvalue weighted by molar-refractivity contribution is 5.91. The SMILES string of the molecule is CCC1(OCCOC(=O)c2ccc(C3c4cc(c(OC)cc4O)C(c4ccc(C(=O)OCCOC5(CC)CCCCC5)cc4)c4cc(c(OC)cc4O)C(c4ccc(C(=O)OCCOC5(CC)CCCCC5)cc4)c4cc(c(CO)cc4O)C(c4ccc(C(=O)OCCOC5(CC)CCCCC5)cc4)c4cc3c(CO)cc4O)cc2)CCCCC1. The van der Waals surface area contributed by atoms with Gasteiger partial charge in [0.05, 0.1) is 98.5 Å². The van der Waals surface area contributed by atoms with E-state index in [1.165, 1.54) is 38.5 Å². The van der Waals surface area contributed by atoms with Gasteiger partial charge in [-0.15, -0.1) is 0 Å². The van der Waals surface area contributed by atoms with Gasteiger partial charge in [0, 0.05) is 69.2 Å². The Hall–Kier alpha value is -9.80. The first-order valence-corrected chi connectivity index (χ1v) is 43.7. The number of aromatic hydroxyl groups is 4. The van der Waals surface area contributed by atoms with Crippen molar-refractivity contribution in [1.29, 1.82) is 0 Å². The van der Waals surface area contributed by atoms with Crippen molar-refractivity contribution in [3.63, 3.8) is 0 Å². The van der Waals surface area contributed by atoms with E-state index >= 15 is 0 Å². The minimum Gasteiger partial charge on any atom is -0.508 e. The number of aliphatic hydroxyl groups is 2. The second-order valence-electron chi connectivity index (χ2n) is 33.4. The molecule has 8 aromatic carbocycles. The number of esters is 4. The Labute approximate surface area is 705 Å². The molecule has 0 spiro atoms. The third-order valence-corrected chi connectivity index (χ3v) is 26.6. The zero-order valence-corrected chi connectivity index (χ0v) is 70.6. The van der Waals surface area contributed by atoms with Gasteiger partial charge in [0.25, 0.3) is 0 Å². The Morgan fingerprint density at radius 2 is 0.508 bits per heavy atom. The molecule has 0 aliphatic heterocycles. The second kappa shape index (κ2) is 40.3. The Kier molecular flexibility index (Phi) is 29.5. The van der Waals surface area contributed by atoms with Gasteiger partial charge in [0.2, 0.25) is 0 Å². The van der Waals surface area contributed by atoms with Gasteiger partial charge in [0.1, 0.15) is 60.9 Å². The molecule has 0 saturated heterocycles. The standard InChI is InChI=1S/C100H120O20/c1-7-97(39-15-11-16-40-97)117-51-47-113-93(107)69-31-23-65(24-32-69)89-76-58-78(84(104)56-74(76)64-102)91(67-27-35-71(36-28-67)95(109)115-49-53-119-99(9-3)43-19-13-20-44-99)82-60-80(86(106)62-88(82)112-6)92(68-29-37-72(38-30-68)96(110)116-50-54-120-100(10-4)45-21-14-22-46-100)81-59-79(85(105)61-87(81)111-5)90(75-57-77(89)83(103)55-73(75)63-101)66-25-33-70(34-26-66)94(108)114-48-52-118-98(8-2)41-17-12-18-42-98/h23-38,55-62,89-92,101-106H,7-22,39-54,63-64H2,1-6H3. The average Bonchev–Trinajstić information content (AvgIpc) is 0.735. The van der Waals surface area contributed by atoms with Gasteiger partial charge in [-0.05, 0) is 206 Å². The third-order valence-electron chi connectivity index (χ3n) is 26.6. The summed E-state index contributed by atoms with van der Waals surface area (Å²) in [5.41, 5.74) is 4.70. The molecule has 20 nitrogen and oxygen atoms in total. The molecule has 6 N–H and O–H groups in total. The monoisotopic (exact) mass is 1640 g/mol. The van der Waals surface area contributed by atoms with Crippen LogP contribution in [0.5, 0.6) is 34.5 Å². The van der Waals surface area contributed by atoms with Gasteiger partial charge in [0.15, 0.2) is 0 Å². The molecule has 120 heavy (non-hydrogen) atoms. The van der Waals surface area contributed by atoms with E-state index in [1.807, 2.05) is 0 Å². The van der Waals surface area contributed by atoms with E-state index in [9.17, 15) is 49.8 Å². The molecule has 8 bridgehead atoms. The fourth-order valence-electron chi connectivity index (χ4n) is 19.5. The van der Waals surface area contributed by atoms with Gasteiger partial charge >= 0.3 is 23.9 Å². The van der Waals surface area contributed by atoms with Crippen LogP contribution in [0.25, 0.3) is 0 Å². The van der Waals surface area contributed by atoms with Crippen LogP contribution < -0.4 is 9.47 Å². The summed E-state index contributed by atoms with van der Waals surface area (Å²) < 4.78 is 62.0. The highest BCUT2D eigenvalue weighted by Gasteiger charge is 2.39. The molecule has 0 amide bonds. The third kappa shape index (κ3) is 19.9. The summed E-state index contributed by atoms with van der Waals surface area (Å²) >= 11 is 0. The molecule has 0 heterocycles. The molecule has 5 aliphatic carbocycles. The molecule has 4 unspecified atom stereocenters. The normalized spacial score (nSPS) is 19.1. The first kappa shape index (κ1) is 88.0. The van der Waals surface area contributed by atoms with Gasteiger partial charge in [-0.3, -0.25) is 0 Å². The minimum atomic E-state index is -1.12. The van der Waals surface area contributed by atoms with Crippen molar-refractivity contribution in [2.45, 2.75) is 241 Å². The van der Waals surface area contributed by atoms with Crippen LogP contribution in [0.2, 0.25) is 0 Å². The van der Waals surface area contributed by atoms with Crippen molar-refractivity contribution in [2.24, 2.45) is 0 Å². The molecule has 4 saturated carbocycles. The summed E-state index contributed by atoms with van der Waals surface area (Å²) in [4.78, 5) is 56.6. The highest BCUT2D eigenvalue weighted by Crippen LogP contribution is 2.54. The number of carbonyl (C=O) groups excluding carboxylic acids is 4. The van der Waals surface area contributed by atoms with Crippen LogP contribution in [0, 0.1) is 0 Å². The molecule has 0 radical (unpaired) electrons. The van der Waals surface area contributed by atoms with Crippen molar-refractivity contribution >= 4 is 23.9 Å². The molecule has 0 aromatic heterocycles. The molecular formula is C100H120O20. The Morgan fingerprint density at radius 3 is 0.725 bits per heavy atom. The molecular weight excluding hydrogens is 1520 g/mol. The van der Waals surface area contributed by atoms with Gasteiger partial charge in [-0.1, -0.05) is 153 Å². The lowest BCUT2D eigenvalue weighted by molar-refractivity contribution is -0.0847. The first-order valence-electron chi connectivity index (χ1n) is 43.7. The smallest absolute Gasteiger partial charge is 0.338 e. The number of phenols is 4. The highest BCUT2D eigenvalue weighted by atomic mass is 16.6. The molecule has 20 heteroatoms. The topological polar surface area (TPSA) is 282 Å². The lowest BCUT2D eigenvalue weighted by Crippen LogP contribution is -2.35. The van der Waals surface area contributed by atoms with E-state index in [0.717, 1.165) is 154 Å². The maximum Gasteiger partial charge on any atom is 0.338 e. The second-order valence-corrected chi connectivity index (χ2v) is 33.4. The number of benzene rings is 8. The quantitative estimate of drug-likeness (QED) is 0.0130. The number of ether oxygens (including phenoxy) is 10. The number of rotatable bonds is 32. The fraction of sp³-hybridized carbons (Fsp3) is 0.480. The summed E-state index contributed by atoms with van der Waals surface area (Å²) in [6, 6.07) is 39.9. The van der Waals surface area contributed by atoms with Crippen LogP contribution in [0.3, 0.4) is 0 Å². The predicted octanol–water partition coefficient (Wildman–Crippen LogP) is 19.7. The van der Waals surface area contributed by atoms with E-state index in [4.69, 9.17) is 47.4 Å². The van der Waals surface area contributed by atoms with Crippen molar-refractivity contribution in [3.05, 3.63) is 246 Å². The van der Waals surface area contributed by atoms with E-state index in [-0.39, 0.29) is 165 Å². The molecule has 8 aromatic rings. The fourth-order valence-corrected chi connectivity index (χ4v) is 19.5. The molecule has 4 atom stereocenters. The van der Waals surface area contributed by atoms with E-state index in [1.54, 1.807) is 121 Å². The van der Waals surface area contributed by atoms with Crippen LogP contribution in [0.15, 0.2) is 146 Å². The first-order chi connectivity index (χ1) is 58.3. The minimum absolute atomic E-state index is 0.0157. The maximum atomic E-state index is 14.2. The van der Waals surface area contributed by atoms with Crippen molar-refractivity contribution < 1.29 is 97.2 Å². The van der Waals surface area contributed by atoms with Crippen LogP contribution >= 0.6 is 0 Å². The Bertz CT molecular complexity index is 4190. The Morgan fingerprint density at radius 1 is 0.292 bits per heavy atom. The van der Waals surface area contributed by atoms with E-state index < -0.39 is 60.8 Å². The average molecular weight is 1640 g/mol. The number of hydrogen-bond acceptors (Lipinski definition) is 20. The van der Waals surface area contributed by atoms with Crippen molar-refractivity contribution in [1.82, 2.24) is 0 Å². The summed E-state index contributed by atoms with van der Waals surface area (Å²) in [7, 11) is 2.91. The largest absolute Gasteiger partial charge is 0.508 e. The number of aliphatic hydroxyl groups excluding tert-OH is 2.